The lowest BCUT2D eigenvalue weighted by molar-refractivity contribution is -0.143. The standard InChI is InChI=1S/C20H28N2O3.ClH/c1-13(2)11-17(19(24)25-6)22-18(23)16-8-7-15(21)12-14(16)9-10-20(3,4)5;/h7-8,12-13,17H,11,21H2,1-6H3,(H,22,23);1H. The number of hydrogen-bond donors (Lipinski definition) is 2. The minimum absolute atomic E-state index is 0. The maximum Gasteiger partial charge on any atom is 0.328 e. The molecule has 1 aromatic rings. The van der Waals surface area contributed by atoms with Crippen LogP contribution in [0.5, 0.6) is 0 Å². The van der Waals surface area contributed by atoms with Crippen molar-refractivity contribution in [3.8, 4) is 11.8 Å². The smallest absolute Gasteiger partial charge is 0.328 e. The Morgan fingerprint density at radius 2 is 1.88 bits per heavy atom. The van der Waals surface area contributed by atoms with Gasteiger partial charge in [-0.15, -0.1) is 12.4 Å². The SMILES string of the molecule is COC(=O)C(CC(C)C)NC(=O)c1ccc(N)cc1C#CC(C)(C)C.Cl. The van der Waals surface area contributed by atoms with Gasteiger partial charge < -0.3 is 15.8 Å². The second-order valence-corrected chi connectivity index (χ2v) is 7.48. The highest BCUT2D eigenvalue weighted by molar-refractivity contribution is 5.99. The lowest BCUT2D eigenvalue weighted by atomic mass is 9.96. The number of nitrogen functional groups attached to an aromatic ring is 1. The molecule has 0 fully saturated rings. The number of amides is 1. The Labute approximate surface area is 162 Å². The lowest BCUT2D eigenvalue weighted by Gasteiger charge is -2.19. The molecule has 0 bridgehead atoms. The normalized spacial score (nSPS) is 11.7. The minimum Gasteiger partial charge on any atom is -0.467 e. The summed E-state index contributed by atoms with van der Waals surface area (Å²) in [5, 5.41) is 2.75. The predicted molar refractivity (Wildman–Crippen MR) is 107 cm³/mol. The summed E-state index contributed by atoms with van der Waals surface area (Å²) in [5.41, 5.74) is 7.09. The van der Waals surface area contributed by atoms with Gasteiger partial charge in [0.25, 0.3) is 5.91 Å². The maximum absolute atomic E-state index is 12.7. The van der Waals surface area contributed by atoms with Crippen LogP contribution >= 0.6 is 12.4 Å². The highest BCUT2D eigenvalue weighted by Gasteiger charge is 2.24. The van der Waals surface area contributed by atoms with Crippen molar-refractivity contribution in [2.45, 2.75) is 47.1 Å². The molecule has 144 valence electrons. The molecule has 1 rings (SSSR count). The molecular weight excluding hydrogens is 352 g/mol. The topological polar surface area (TPSA) is 81.4 Å². The van der Waals surface area contributed by atoms with Crippen molar-refractivity contribution in [3.63, 3.8) is 0 Å². The number of carbonyl (C=O) groups is 2. The molecule has 0 saturated heterocycles. The molecule has 1 atom stereocenters. The first-order valence-corrected chi connectivity index (χ1v) is 8.35. The summed E-state index contributed by atoms with van der Waals surface area (Å²) in [4.78, 5) is 24.6. The third-order valence-electron chi connectivity index (χ3n) is 3.36. The van der Waals surface area contributed by atoms with Gasteiger partial charge in [0, 0.05) is 16.7 Å². The van der Waals surface area contributed by atoms with E-state index in [1.165, 1.54) is 7.11 Å². The Bertz CT molecular complexity index is 697. The van der Waals surface area contributed by atoms with Crippen LogP contribution in [-0.2, 0) is 9.53 Å². The quantitative estimate of drug-likeness (QED) is 0.466. The van der Waals surface area contributed by atoms with Gasteiger partial charge in [0.15, 0.2) is 0 Å². The molecule has 0 aliphatic rings. The third-order valence-corrected chi connectivity index (χ3v) is 3.36. The van der Waals surface area contributed by atoms with E-state index in [1.807, 2.05) is 34.6 Å². The number of anilines is 1. The van der Waals surface area contributed by atoms with Gasteiger partial charge in [0.05, 0.1) is 12.7 Å². The number of esters is 1. The summed E-state index contributed by atoms with van der Waals surface area (Å²) < 4.78 is 4.79. The van der Waals surface area contributed by atoms with E-state index in [0.29, 0.717) is 23.2 Å². The second-order valence-electron chi connectivity index (χ2n) is 7.48. The number of benzene rings is 1. The molecule has 1 unspecified atom stereocenters. The van der Waals surface area contributed by atoms with Gasteiger partial charge in [0.1, 0.15) is 6.04 Å². The number of methoxy groups -OCH3 is 1. The molecule has 0 radical (unpaired) electrons. The maximum atomic E-state index is 12.7. The molecule has 1 aromatic carbocycles. The second kappa shape index (κ2) is 10.1. The van der Waals surface area contributed by atoms with Crippen molar-refractivity contribution in [2.24, 2.45) is 11.3 Å². The zero-order valence-electron chi connectivity index (χ0n) is 16.3. The van der Waals surface area contributed by atoms with Crippen molar-refractivity contribution in [2.75, 3.05) is 12.8 Å². The summed E-state index contributed by atoms with van der Waals surface area (Å²) in [5.74, 6) is 5.54. The summed E-state index contributed by atoms with van der Waals surface area (Å²) >= 11 is 0. The van der Waals surface area contributed by atoms with E-state index in [4.69, 9.17) is 10.5 Å². The Morgan fingerprint density at radius 3 is 2.38 bits per heavy atom. The van der Waals surface area contributed by atoms with Gasteiger partial charge in [-0.25, -0.2) is 4.79 Å². The fourth-order valence-electron chi connectivity index (χ4n) is 2.18. The molecule has 1 amide bonds. The van der Waals surface area contributed by atoms with Crippen LogP contribution in [0.1, 0.15) is 57.0 Å². The molecule has 6 heteroatoms. The van der Waals surface area contributed by atoms with Gasteiger partial charge >= 0.3 is 5.97 Å². The zero-order chi connectivity index (χ0) is 19.2. The summed E-state index contributed by atoms with van der Waals surface area (Å²) in [7, 11) is 1.31. The molecule has 0 aromatic heterocycles. The number of nitrogens with two attached hydrogens (primary N) is 1. The Balaban J connectivity index is 0.00000625. The van der Waals surface area contributed by atoms with Gasteiger partial charge in [-0.3, -0.25) is 4.79 Å². The average molecular weight is 381 g/mol. The Hall–Kier alpha value is -2.19. The molecule has 0 spiro atoms. The average Bonchev–Trinajstić information content (AvgIpc) is 2.50. The van der Waals surface area contributed by atoms with Crippen molar-refractivity contribution in [3.05, 3.63) is 29.3 Å². The first kappa shape index (κ1) is 23.8. The van der Waals surface area contributed by atoms with Gasteiger partial charge in [0.2, 0.25) is 0 Å². The van der Waals surface area contributed by atoms with Gasteiger partial charge in [-0.05, 0) is 51.3 Å². The molecule has 5 nitrogen and oxygen atoms in total. The molecule has 26 heavy (non-hydrogen) atoms. The van der Waals surface area contributed by atoms with Crippen molar-refractivity contribution < 1.29 is 14.3 Å². The van der Waals surface area contributed by atoms with Crippen LogP contribution in [0, 0.1) is 23.2 Å². The Morgan fingerprint density at radius 1 is 1.27 bits per heavy atom. The van der Waals surface area contributed by atoms with Crippen LogP contribution in [0.3, 0.4) is 0 Å². The molecular formula is C20H29ClN2O3. The van der Waals surface area contributed by atoms with E-state index in [2.05, 4.69) is 17.2 Å². The number of rotatable bonds is 5. The zero-order valence-corrected chi connectivity index (χ0v) is 17.1. The summed E-state index contributed by atoms with van der Waals surface area (Å²) in [6.45, 7) is 9.92. The van der Waals surface area contributed by atoms with Crippen LogP contribution in [0.2, 0.25) is 0 Å². The van der Waals surface area contributed by atoms with Gasteiger partial charge in [-0.2, -0.15) is 0 Å². The minimum atomic E-state index is -0.696. The van der Waals surface area contributed by atoms with Crippen LogP contribution in [0.4, 0.5) is 5.69 Å². The third kappa shape index (κ3) is 7.79. The van der Waals surface area contributed by atoms with Gasteiger partial charge in [-0.1, -0.05) is 25.7 Å². The van der Waals surface area contributed by atoms with Crippen LogP contribution in [0.15, 0.2) is 18.2 Å². The molecule has 0 aliphatic heterocycles. The first-order chi connectivity index (χ1) is 11.5. The molecule has 0 heterocycles. The fourth-order valence-corrected chi connectivity index (χ4v) is 2.18. The summed E-state index contributed by atoms with van der Waals surface area (Å²) in [6.07, 6.45) is 0.496. The van der Waals surface area contributed by atoms with E-state index in [0.717, 1.165) is 0 Å². The van der Waals surface area contributed by atoms with Crippen molar-refractivity contribution >= 4 is 30.0 Å². The number of ether oxygens (including phenoxy) is 1. The molecule has 0 saturated carbocycles. The number of carbonyl (C=O) groups excluding carboxylic acids is 2. The predicted octanol–water partition coefficient (Wildman–Crippen LogP) is 3.41. The first-order valence-electron chi connectivity index (χ1n) is 8.35. The number of hydrogen-bond acceptors (Lipinski definition) is 4. The van der Waals surface area contributed by atoms with Crippen molar-refractivity contribution in [1.29, 1.82) is 0 Å². The van der Waals surface area contributed by atoms with E-state index in [1.54, 1.807) is 18.2 Å². The van der Waals surface area contributed by atoms with E-state index in [-0.39, 0.29) is 29.6 Å². The monoisotopic (exact) mass is 380 g/mol. The number of halogens is 1. The van der Waals surface area contributed by atoms with Crippen LogP contribution in [-0.4, -0.2) is 25.0 Å². The largest absolute Gasteiger partial charge is 0.467 e. The van der Waals surface area contributed by atoms with Crippen LogP contribution in [0.25, 0.3) is 0 Å². The van der Waals surface area contributed by atoms with E-state index >= 15 is 0 Å². The lowest BCUT2D eigenvalue weighted by Crippen LogP contribution is -2.42. The number of nitrogens with one attached hydrogen (secondary N) is 1. The molecule has 3 N–H and O–H groups in total. The van der Waals surface area contributed by atoms with E-state index < -0.39 is 12.0 Å². The van der Waals surface area contributed by atoms with Crippen LogP contribution < -0.4 is 11.1 Å². The Kier molecular flexibility index (Phi) is 9.23. The molecule has 0 aliphatic carbocycles. The highest BCUT2D eigenvalue weighted by atomic mass is 35.5. The summed E-state index contributed by atoms with van der Waals surface area (Å²) in [6, 6.07) is 4.25. The highest BCUT2D eigenvalue weighted by Crippen LogP contribution is 2.16. The van der Waals surface area contributed by atoms with E-state index in [9.17, 15) is 9.59 Å². The van der Waals surface area contributed by atoms with Crippen molar-refractivity contribution in [1.82, 2.24) is 5.32 Å². The fraction of sp³-hybridized carbons (Fsp3) is 0.500.